The molecule has 1 atom stereocenters. The maximum atomic E-state index is 10.7. The molecule has 3 rings (SSSR count). The van der Waals surface area contributed by atoms with Gasteiger partial charge < -0.3 is 5.73 Å². The number of non-ortho nitro benzene ring substituents is 1. The van der Waals surface area contributed by atoms with E-state index in [1.54, 1.807) is 12.1 Å². The zero-order valence-corrected chi connectivity index (χ0v) is 12.4. The molecular weight excluding hydrogens is 294 g/mol. The molecule has 0 aliphatic carbocycles. The second kappa shape index (κ2) is 5.98. The maximum absolute atomic E-state index is 10.7. The molecule has 7 nitrogen and oxygen atoms in total. The van der Waals surface area contributed by atoms with E-state index in [4.69, 9.17) is 5.73 Å². The lowest BCUT2D eigenvalue weighted by Gasteiger charge is -2.08. The minimum Gasteiger partial charge on any atom is -0.318 e. The van der Waals surface area contributed by atoms with Gasteiger partial charge in [-0.05, 0) is 24.6 Å². The van der Waals surface area contributed by atoms with Crippen LogP contribution in [0.5, 0.6) is 0 Å². The van der Waals surface area contributed by atoms with Gasteiger partial charge in [0, 0.05) is 17.7 Å². The molecule has 1 heterocycles. The summed E-state index contributed by atoms with van der Waals surface area (Å²) in [7, 11) is 0. The summed E-state index contributed by atoms with van der Waals surface area (Å²) in [5.41, 5.74) is 9.01. The molecule has 0 radical (unpaired) electrons. The van der Waals surface area contributed by atoms with Gasteiger partial charge in [-0.2, -0.15) is 5.10 Å². The number of nitrogens with two attached hydrogens (primary N) is 1. The minimum atomic E-state index is -0.444. The lowest BCUT2D eigenvalue weighted by atomic mass is 10.1. The van der Waals surface area contributed by atoms with Gasteiger partial charge in [0.05, 0.1) is 11.0 Å². The van der Waals surface area contributed by atoms with E-state index in [2.05, 4.69) is 15.2 Å². The summed E-state index contributed by atoms with van der Waals surface area (Å²) in [6.07, 6.45) is 0. The van der Waals surface area contributed by atoms with Crippen LogP contribution in [0.1, 0.15) is 23.0 Å². The second-order valence-corrected chi connectivity index (χ2v) is 5.24. The predicted octanol–water partition coefficient (Wildman–Crippen LogP) is 2.74. The van der Waals surface area contributed by atoms with Crippen molar-refractivity contribution in [3.8, 4) is 11.4 Å². The van der Waals surface area contributed by atoms with Crippen molar-refractivity contribution in [3.63, 3.8) is 0 Å². The predicted molar refractivity (Wildman–Crippen MR) is 85.7 cm³/mol. The van der Waals surface area contributed by atoms with Gasteiger partial charge in [0.2, 0.25) is 0 Å². The summed E-state index contributed by atoms with van der Waals surface area (Å²) in [6.45, 7) is 2.01. The number of nitro benzene ring substituents is 1. The summed E-state index contributed by atoms with van der Waals surface area (Å²) in [5, 5.41) is 17.6. The lowest BCUT2D eigenvalue weighted by molar-refractivity contribution is -0.384. The molecule has 23 heavy (non-hydrogen) atoms. The van der Waals surface area contributed by atoms with Crippen LogP contribution in [-0.2, 0) is 0 Å². The van der Waals surface area contributed by atoms with E-state index in [9.17, 15) is 10.1 Å². The van der Waals surface area contributed by atoms with Crippen molar-refractivity contribution < 1.29 is 4.92 Å². The topological polar surface area (TPSA) is 111 Å². The molecule has 3 aromatic rings. The average molecular weight is 309 g/mol. The number of hydrogen-bond donors (Lipinski definition) is 2. The van der Waals surface area contributed by atoms with Gasteiger partial charge in [-0.15, -0.1) is 0 Å². The molecule has 0 saturated carbocycles. The number of aromatic amines is 1. The van der Waals surface area contributed by atoms with Crippen LogP contribution in [0.15, 0.2) is 48.5 Å². The third-order valence-corrected chi connectivity index (χ3v) is 3.57. The van der Waals surface area contributed by atoms with E-state index >= 15 is 0 Å². The molecular formula is C16H15N5O2. The van der Waals surface area contributed by atoms with E-state index in [0.717, 1.165) is 11.1 Å². The van der Waals surface area contributed by atoms with Crippen molar-refractivity contribution in [2.75, 3.05) is 0 Å². The monoisotopic (exact) mass is 309 g/mol. The van der Waals surface area contributed by atoms with Crippen molar-refractivity contribution in [1.82, 2.24) is 15.2 Å². The molecule has 1 aromatic heterocycles. The number of nitrogens with one attached hydrogen (secondary N) is 1. The van der Waals surface area contributed by atoms with Gasteiger partial charge in [-0.1, -0.05) is 29.8 Å². The highest BCUT2D eigenvalue weighted by Crippen LogP contribution is 2.22. The van der Waals surface area contributed by atoms with E-state index in [-0.39, 0.29) is 5.69 Å². The first-order chi connectivity index (χ1) is 11.0. The zero-order chi connectivity index (χ0) is 16.4. The van der Waals surface area contributed by atoms with Crippen molar-refractivity contribution in [3.05, 3.63) is 75.6 Å². The van der Waals surface area contributed by atoms with Crippen molar-refractivity contribution >= 4 is 5.69 Å². The third kappa shape index (κ3) is 3.09. The van der Waals surface area contributed by atoms with E-state index in [0.29, 0.717) is 17.2 Å². The summed E-state index contributed by atoms with van der Waals surface area (Å²) in [6, 6.07) is 13.5. The first-order valence-corrected chi connectivity index (χ1v) is 7.04. The number of nitrogens with zero attached hydrogens (tertiary/aromatic N) is 3. The fraction of sp³-hybridized carbons (Fsp3) is 0.125. The van der Waals surface area contributed by atoms with Crippen LogP contribution >= 0.6 is 0 Å². The van der Waals surface area contributed by atoms with Gasteiger partial charge in [0.25, 0.3) is 5.69 Å². The molecule has 0 bridgehead atoms. The molecule has 0 unspecified atom stereocenters. The zero-order valence-electron chi connectivity index (χ0n) is 12.4. The lowest BCUT2D eigenvalue weighted by Crippen LogP contribution is -2.13. The number of H-pyrrole nitrogens is 1. The van der Waals surface area contributed by atoms with Crippen molar-refractivity contribution in [2.45, 2.75) is 13.0 Å². The van der Waals surface area contributed by atoms with Crippen molar-refractivity contribution in [1.29, 1.82) is 0 Å². The van der Waals surface area contributed by atoms with Gasteiger partial charge in [-0.3, -0.25) is 15.2 Å². The van der Waals surface area contributed by atoms with Crippen LogP contribution in [0.4, 0.5) is 5.69 Å². The number of aryl methyl sites for hydroxylation is 1. The van der Waals surface area contributed by atoms with E-state index in [1.807, 2.05) is 31.2 Å². The highest BCUT2D eigenvalue weighted by molar-refractivity contribution is 5.57. The first-order valence-electron chi connectivity index (χ1n) is 7.04. The quantitative estimate of drug-likeness (QED) is 0.568. The van der Waals surface area contributed by atoms with Gasteiger partial charge >= 0.3 is 0 Å². The number of nitro groups is 1. The van der Waals surface area contributed by atoms with Crippen LogP contribution in [0.3, 0.4) is 0 Å². The van der Waals surface area contributed by atoms with Crippen LogP contribution in [0.25, 0.3) is 11.4 Å². The van der Waals surface area contributed by atoms with E-state index < -0.39 is 11.0 Å². The fourth-order valence-electron chi connectivity index (χ4n) is 2.21. The molecule has 0 fully saturated rings. The Morgan fingerprint density at radius 2 is 1.78 bits per heavy atom. The molecule has 0 spiro atoms. The highest BCUT2D eigenvalue weighted by Gasteiger charge is 2.15. The number of rotatable bonds is 4. The Morgan fingerprint density at radius 3 is 2.39 bits per heavy atom. The first kappa shape index (κ1) is 14.9. The molecule has 0 amide bonds. The second-order valence-electron chi connectivity index (χ2n) is 5.24. The average Bonchev–Trinajstić information content (AvgIpc) is 3.05. The number of hydrogen-bond acceptors (Lipinski definition) is 5. The Kier molecular flexibility index (Phi) is 3.86. The number of benzene rings is 2. The Morgan fingerprint density at radius 1 is 1.13 bits per heavy atom. The third-order valence-electron chi connectivity index (χ3n) is 3.57. The Hall–Kier alpha value is -3.06. The number of aromatic nitrogens is 3. The molecule has 0 aliphatic heterocycles. The summed E-state index contributed by atoms with van der Waals surface area (Å²) in [5.74, 6) is 1.000. The maximum Gasteiger partial charge on any atom is 0.269 e. The Labute approximate surface area is 132 Å². The van der Waals surface area contributed by atoms with Gasteiger partial charge in [0.1, 0.15) is 5.82 Å². The normalized spacial score (nSPS) is 12.1. The SMILES string of the molecule is Cc1ccc([C@@H](N)c2nc(-c3ccc([N+](=O)[O-])cc3)n[nH]2)cc1. The van der Waals surface area contributed by atoms with Crippen LogP contribution in [-0.4, -0.2) is 20.1 Å². The Balaban J connectivity index is 1.84. The van der Waals surface area contributed by atoms with Crippen molar-refractivity contribution in [2.24, 2.45) is 5.73 Å². The van der Waals surface area contributed by atoms with Crippen LogP contribution < -0.4 is 5.73 Å². The molecule has 7 heteroatoms. The van der Waals surface area contributed by atoms with Gasteiger partial charge in [-0.25, -0.2) is 4.98 Å². The molecule has 0 aliphatic rings. The molecule has 0 saturated heterocycles. The van der Waals surface area contributed by atoms with Gasteiger partial charge in [0.15, 0.2) is 5.82 Å². The fourth-order valence-corrected chi connectivity index (χ4v) is 2.21. The minimum absolute atomic E-state index is 0.0286. The molecule has 2 aromatic carbocycles. The highest BCUT2D eigenvalue weighted by atomic mass is 16.6. The smallest absolute Gasteiger partial charge is 0.269 e. The molecule has 3 N–H and O–H groups in total. The molecule has 116 valence electrons. The van der Waals surface area contributed by atoms with Crippen LogP contribution in [0.2, 0.25) is 0 Å². The summed E-state index contributed by atoms with van der Waals surface area (Å²) >= 11 is 0. The standard InChI is InChI=1S/C16H15N5O2/c1-10-2-4-11(5-3-10)14(17)16-18-15(19-20-16)12-6-8-13(9-7-12)21(22)23/h2-9,14H,17H2,1H3,(H,18,19,20)/t14-/m1/s1. The van der Waals surface area contributed by atoms with E-state index in [1.165, 1.54) is 12.1 Å². The van der Waals surface area contributed by atoms with Crippen LogP contribution in [0, 0.1) is 17.0 Å². The largest absolute Gasteiger partial charge is 0.318 e. The summed E-state index contributed by atoms with van der Waals surface area (Å²) in [4.78, 5) is 14.6. The summed E-state index contributed by atoms with van der Waals surface area (Å²) < 4.78 is 0. The Bertz CT molecular complexity index is 824.